The van der Waals surface area contributed by atoms with Crippen LogP contribution in [0.3, 0.4) is 0 Å². The number of benzene rings is 1. The maximum atomic E-state index is 13.6. The topological polar surface area (TPSA) is 29.3 Å². The van der Waals surface area contributed by atoms with Crippen LogP contribution in [0.25, 0.3) is 0 Å². The molecule has 2 nitrogen and oxygen atoms in total. The molecule has 0 aliphatic heterocycles. The van der Waals surface area contributed by atoms with E-state index in [1.165, 1.54) is 18.9 Å². The molecular formula is C14H20F2N2. The van der Waals surface area contributed by atoms with E-state index in [1.54, 1.807) is 0 Å². The Kier molecular flexibility index (Phi) is 3.97. The summed E-state index contributed by atoms with van der Waals surface area (Å²) in [5, 5.41) is 0. The van der Waals surface area contributed by atoms with Gasteiger partial charge in [0.2, 0.25) is 0 Å². The van der Waals surface area contributed by atoms with Gasteiger partial charge < -0.3 is 10.6 Å². The van der Waals surface area contributed by atoms with Gasteiger partial charge >= 0.3 is 0 Å². The van der Waals surface area contributed by atoms with Crippen molar-refractivity contribution in [3.05, 3.63) is 35.4 Å². The van der Waals surface area contributed by atoms with E-state index in [2.05, 4.69) is 11.8 Å². The van der Waals surface area contributed by atoms with E-state index in [9.17, 15) is 8.78 Å². The highest BCUT2D eigenvalue weighted by Crippen LogP contribution is 2.35. The van der Waals surface area contributed by atoms with Crippen molar-refractivity contribution in [2.24, 2.45) is 11.7 Å². The molecule has 4 heteroatoms. The Bertz CT molecular complexity index is 418. The number of hydrogen-bond donors (Lipinski definition) is 1. The minimum Gasteiger partial charge on any atom is -0.323 e. The lowest BCUT2D eigenvalue weighted by molar-refractivity contribution is 0.220. The van der Waals surface area contributed by atoms with Gasteiger partial charge in [0, 0.05) is 24.2 Å². The summed E-state index contributed by atoms with van der Waals surface area (Å²) in [6, 6.07) is 3.40. The summed E-state index contributed by atoms with van der Waals surface area (Å²) in [5.74, 6) is -0.143. The van der Waals surface area contributed by atoms with Crippen LogP contribution in [0.15, 0.2) is 18.2 Å². The Morgan fingerprint density at radius 1 is 1.39 bits per heavy atom. The van der Waals surface area contributed by atoms with Crippen LogP contribution in [0.5, 0.6) is 0 Å². The van der Waals surface area contributed by atoms with E-state index < -0.39 is 17.7 Å². The average Bonchev–Trinajstić information content (AvgIpc) is 3.15. The second kappa shape index (κ2) is 5.33. The third-order valence-electron chi connectivity index (χ3n) is 3.84. The van der Waals surface area contributed by atoms with Crippen LogP contribution in [-0.2, 0) is 0 Å². The quantitative estimate of drug-likeness (QED) is 0.875. The maximum absolute atomic E-state index is 13.6. The van der Waals surface area contributed by atoms with Crippen LogP contribution < -0.4 is 5.73 Å². The van der Waals surface area contributed by atoms with Crippen molar-refractivity contribution in [1.82, 2.24) is 4.90 Å². The van der Waals surface area contributed by atoms with E-state index in [0.29, 0.717) is 12.6 Å². The van der Waals surface area contributed by atoms with Crippen molar-refractivity contribution in [1.29, 1.82) is 0 Å². The lowest BCUT2D eigenvalue weighted by Gasteiger charge is -2.27. The summed E-state index contributed by atoms with van der Waals surface area (Å²) in [6.45, 7) is 2.70. The minimum absolute atomic E-state index is 0.254. The van der Waals surface area contributed by atoms with Crippen molar-refractivity contribution in [2.75, 3.05) is 13.6 Å². The fraction of sp³-hybridized carbons (Fsp3) is 0.571. The van der Waals surface area contributed by atoms with Crippen LogP contribution in [0.2, 0.25) is 0 Å². The Morgan fingerprint density at radius 3 is 2.67 bits per heavy atom. The molecule has 0 bridgehead atoms. The molecule has 1 aliphatic rings. The van der Waals surface area contributed by atoms with Gasteiger partial charge in [-0.15, -0.1) is 0 Å². The molecule has 1 saturated carbocycles. The molecule has 100 valence electrons. The smallest absolute Gasteiger partial charge is 0.128 e. The summed E-state index contributed by atoms with van der Waals surface area (Å²) >= 11 is 0. The molecule has 0 aromatic heterocycles. The predicted octanol–water partition coefficient (Wildman–Crippen LogP) is 2.69. The van der Waals surface area contributed by atoms with Crippen LogP contribution in [0.4, 0.5) is 8.78 Å². The van der Waals surface area contributed by atoms with Gasteiger partial charge in [-0.1, -0.05) is 0 Å². The fourth-order valence-corrected chi connectivity index (χ4v) is 2.31. The van der Waals surface area contributed by atoms with Crippen LogP contribution >= 0.6 is 0 Å². The monoisotopic (exact) mass is 254 g/mol. The number of nitrogens with two attached hydrogens (primary N) is 1. The standard InChI is InChI=1S/C14H20F2N2/c1-9(10-3-4-10)18(2)8-14(17)12-7-11(15)5-6-13(12)16/h5-7,9-10,14H,3-4,8,17H2,1-2H3. The van der Waals surface area contributed by atoms with Gasteiger partial charge in [0.05, 0.1) is 0 Å². The first-order valence-corrected chi connectivity index (χ1v) is 6.40. The third-order valence-corrected chi connectivity index (χ3v) is 3.84. The summed E-state index contributed by atoms with van der Waals surface area (Å²) in [4.78, 5) is 2.13. The lowest BCUT2D eigenvalue weighted by atomic mass is 10.1. The first kappa shape index (κ1) is 13.4. The van der Waals surface area contributed by atoms with Crippen molar-refractivity contribution < 1.29 is 8.78 Å². The minimum atomic E-state index is -0.494. The number of likely N-dealkylation sites (N-methyl/N-ethyl adjacent to an activating group) is 1. The molecule has 2 rings (SSSR count). The molecule has 0 spiro atoms. The second-order valence-electron chi connectivity index (χ2n) is 5.29. The molecule has 0 saturated heterocycles. The zero-order valence-corrected chi connectivity index (χ0v) is 10.9. The molecule has 1 aromatic rings. The molecule has 1 fully saturated rings. The molecule has 0 heterocycles. The van der Waals surface area contributed by atoms with Gasteiger partial charge in [0.15, 0.2) is 0 Å². The Labute approximate surface area is 107 Å². The van der Waals surface area contributed by atoms with Gasteiger partial charge in [-0.05, 0) is 50.9 Å². The van der Waals surface area contributed by atoms with Gasteiger partial charge in [-0.2, -0.15) is 0 Å². The summed E-state index contributed by atoms with van der Waals surface area (Å²) in [6.07, 6.45) is 2.52. The Balaban J connectivity index is 2.01. The molecule has 1 aliphatic carbocycles. The highest BCUT2D eigenvalue weighted by molar-refractivity contribution is 5.22. The largest absolute Gasteiger partial charge is 0.323 e. The van der Waals surface area contributed by atoms with Crippen molar-refractivity contribution >= 4 is 0 Å². The normalized spacial score (nSPS) is 19.0. The number of halogens is 2. The second-order valence-corrected chi connectivity index (χ2v) is 5.29. The van der Waals surface area contributed by atoms with Crippen molar-refractivity contribution in [3.8, 4) is 0 Å². The first-order valence-electron chi connectivity index (χ1n) is 6.40. The van der Waals surface area contributed by atoms with E-state index >= 15 is 0 Å². The summed E-state index contributed by atoms with van der Waals surface area (Å²) < 4.78 is 26.7. The molecular weight excluding hydrogens is 234 g/mol. The van der Waals surface area contributed by atoms with Crippen LogP contribution in [0, 0.1) is 17.6 Å². The SMILES string of the molecule is CC(C1CC1)N(C)CC(N)c1cc(F)ccc1F. The third kappa shape index (κ3) is 3.06. The fourth-order valence-electron chi connectivity index (χ4n) is 2.31. The van der Waals surface area contributed by atoms with E-state index in [-0.39, 0.29) is 5.56 Å². The van der Waals surface area contributed by atoms with E-state index in [1.807, 2.05) is 7.05 Å². The van der Waals surface area contributed by atoms with E-state index in [4.69, 9.17) is 5.73 Å². The van der Waals surface area contributed by atoms with Gasteiger partial charge in [0.25, 0.3) is 0 Å². The Morgan fingerprint density at radius 2 is 2.06 bits per heavy atom. The molecule has 18 heavy (non-hydrogen) atoms. The first-order chi connectivity index (χ1) is 8.49. The van der Waals surface area contributed by atoms with Gasteiger partial charge in [-0.3, -0.25) is 0 Å². The predicted molar refractivity (Wildman–Crippen MR) is 68.1 cm³/mol. The zero-order valence-electron chi connectivity index (χ0n) is 10.9. The van der Waals surface area contributed by atoms with E-state index in [0.717, 1.165) is 18.1 Å². The summed E-state index contributed by atoms with van der Waals surface area (Å²) in [5.41, 5.74) is 6.23. The van der Waals surface area contributed by atoms with Gasteiger partial charge in [-0.25, -0.2) is 8.78 Å². The highest BCUT2D eigenvalue weighted by Gasteiger charge is 2.31. The maximum Gasteiger partial charge on any atom is 0.128 e. The summed E-state index contributed by atoms with van der Waals surface area (Å²) in [7, 11) is 1.99. The molecule has 2 atom stereocenters. The van der Waals surface area contributed by atoms with Crippen LogP contribution in [-0.4, -0.2) is 24.5 Å². The van der Waals surface area contributed by atoms with Crippen molar-refractivity contribution in [2.45, 2.75) is 31.8 Å². The zero-order chi connectivity index (χ0) is 13.3. The highest BCUT2D eigenvalue weighted by atomic mass is 19.1. The number of rotatable bonds is 5. The lowest BCUT2D eigenvalue weighted by Crippen LogP contribution is -2.37. The number of hydrogen-bond acceptors (Lipinski definition) is 2. The average molecular weight is 254 g/mol. The van der Waals surface area contributed by atoms with Crippen molar-refractivity contribution in [3.63, 3.8) is 0 Å². The molecule has 2 N–H and O–H groups in total. The molecule has 0 amide bonds. The van der Waals surface area contributed by atoms with Gasteiger partial charge in [0.1, 0.15) is 11.6 Å². The van der Waals surface area contributed by atoms with Crippen LogP contribution in [0.1, 0.15) is 31.4 Å². The molecule has 2 unspecified atom stereocenters. The Hall–Kier alpha value is -1.00. The number of nitrogens with zero attached hydrogens (tertiary/aromatic N) is 1. The molecule has 0 radical (unpaired) electrons. The molecule has 1 aromatic carbocycles.